The molecule has 1 fully saturated rings. The van der Waals surface area contributed by atoms with Crippen LogP contribution in [0.2, 0.25) is 0 Å². The number of hydrogen-bond donors (Lipinski definition) is 2. The minimum absolute atomic E-state index is 0.508. The second kappa shape index (κ2) is 10.00. The molecule has 2 heterocycles. The van der Waals surface area contributed by atoms with Crippen LogP contribution in [-0.2, 0) is 12.8 Å². The van der Waals surface area contributed by atoms with E-state index < -0.39 is 0 Å². The van der Waals surface area contributed by atoms with Gasteiger partial charge in [-0.05, 0) is 43.0 Å². The SMILES string of the molecule is CC1CCCCC1NC(=NCCc1ccco1)NCCc1ccccn1. The molecular weight excluding hydrogens is 324 g/mol. The lowest BCUT2D eigenvalue weighted by molar-refractivity contribution is 0.306. The molecule has 0 bridgehead atoms. The highest BCUT2D eigenvalue weighted by Gasteiger charge is 2.22. The summed E-state index contributed by atoms with van der Waals surface area (Å²) in [6.45, 7) is 3.88. The Morgan fingerprint density at radius 3 is 2.88 bits per heavy atom. The molecule has 2 unspecified atom stereocenters. The van der Waals surface area contributed by atoms with Gasteiger partial charge in [0, 0.05) is 43.9 Å². The first kappa shape index (κ1) is 18.5. The fraction of sp³-hybridized carbons (Fsp3) is 0.524. The highest BCUT2D eigenvalue weighted by atomic mass is 16.3. The van der Waals surface area contributed by atoms with Crippen LogP contribution in [0.4, 0.5) is 0 Å². The molecule has 0 amide bonds. The van der Waals surface area contributed by atoms with Gasteiger partial charge in [-0.25, -0.2) is 0 Å². The number of hydrogen-bond acceptors (Lipinski definition) is 3. The standard InChI is InChI=1S/C21H30N4O/c1-17-7-2-3-10-20(17)25-21(24-15-12-19-9-6-16-26-19)23-14-11-18-8-4-5-13-22-18/h4-6,8-9,13,16-17,20H,2-3,7,10-12,14-15H2,1H3,(H2,23,24,25). The summed E-state index contributed by atoms with van der Waals surface area (Å²) in [6, 6.07) is 10.5. The first-order valence-electron chi connectivity index (χ1n) is 9.78. The third kappa shape index (κ3) is 5.90. The highest BCUT2D eigenvalue weighted by Crippen LogP contribution is 2.23. The van der Waals surface area contributed by atoms with E-state index in [2.05, 4.69) is 28.6 Å². The zero-order valence-corrected chi connectivity index (χ0v) is 15.7. The lowest BCUT2D eigenvalue weighted by Gasteiger charge is -2.31. The summed E-state index contributed by atoms with van der Waals surface area (Å²) in [7, 11) is 0. The molecule has 5 heteroatoms. The van der Waals surface area contributed by atoms with Crippen molar-refractivity contribution in [3.8, 4) is 0 Å². The summed E-state index contributed by atoms with van der Waals surface area (Å²) in [5.74, 6) is 2.58. The van der Waals surface area contributed by atoms with Crippen molar-refractivity contribution >= 4 is 5.96 Å². The Labute approximate surface area is 156 Å². The van der Waals surface area contributed by atoms with Gasteiger partial charge in [-0.1, -0.05) is 25.8 Å². The topological polar surface area (TPSA) is 62.5 Å². The maximum atomic E-state index is 5.40. The molecule has 0 radical (unpaired) electrons. The van der Waals surface area contributed by atoms with E-state index in [-0.39, 0.29) is 0 Å². The van der Waals surface area contributed by atoms with Gasteiger partial charge in [0.05, 0.1) is 6.26 Å². The van der Waals surface area contributed by atoms with Gasteiger partial charge in [-0.2, -0.15) is 0 Å². The zero-order valence-electron chi connectivity index (χ0n) is 15.7. The van der Waals surface area contributed by atoms with Gasteiger partial charge in [-0.3, -0.25) is 9.98 Å². The van der Waals surface area contributed by atoms with Crippen LogP contribution in [0.5, 0.6) is 0 Å². The molecule has 1 aliphatic carbocycles. The van der Waals surface area contributed by atoms with Crippen LogP contribution in [0.25, 0.3) is 0 Å². The molecule has 3 rings (SSSR count). The van der Waals surface area contributed by atoms with E-state index in [4.69, 9.17) is 9.41 Å². The smallest absolute Gasteiger partial charge is 0.191 e. The third-order valence-electron chi connectivity index (χ3n) is 5.04. The number of pyridine rings is 1. The van der Waals surface area contributed by atoms with Gasteiger partial charge in [-0.15, -0.1) is 0 Å². The van der Waals surface area contributed by atoms with Gasteiger partial charge < -0.3 is 15.1 Å². The minimum atomic E-state index is 0.508. The summed E-state index contributed by atoms with van der Waals surface area (Å²) in [4.78, 5) is 9.16. The number of aromatic nitrogens is 1. The molecule has 2 N–H and O–H groups in total. The van der Waals surface area contributed by atoms with Crippen molar-refractivity contribution in [2.24, 2.45) is 10.9 Å². The van der Waals surface area contributed by atoms with Gasteiger partial charge in [0.1, 0.15) is 5.76 Å². The monoisotopic (exact) mass is 354 g/mol. The summed E-state index contributed by atoms with van der Waals surface area (Å²) in [5, 5.41) is 7.14. The molecule has 0 spiro atoms. The maximum absolute atomic E-state index is 5.40. The van der Waals surface area contributed by atoms with E-state index in [9.17, 15) is 0 Å². The molecule has 0 aromatic carbocycles. The van der Waals surface area contributed by atoms with Gasteiger partial charge in [0.2, 0.25) is 0 Å². The highest BCUT2D eigenvalue weighted by molar-refractivity contribution is 5.80. The van der Waals surface area contributed by atoms with Crippen LogP contribution in [0.15, 0.2) is 52.2 Å². The van der Waals surface area contributed by atoms with Crippen molar-refractivity contribution < 1.29 is 4.42 Å². The quantitative estimate of drug-likeness (QED) is 0.589. The van der Waals surface area contributed by atoms with E-state index in [1.165, 1.54) is 25.7 Å². The van der Waals surface area contributed by atoms with Crippen molar-refractivity contribution in [2.45, 2.75) is 51.5 Å². The molecule has 0 aliphatic heterocycles. The van der Waals surface area contributed by atoms with E-state index in [1.807, 2.05) is 30.5 Å². The summed E-state index contributed by atoms with van der Waals surface area (Å²) >= 11 is 0. The summed E-state index contributed by atoms with van der Waals surface area (Å²) in [6.07, 6.45) is 10.4. The van der Waals surface area contributed by atoms with Crippen LogP contribution in [0.1, 0.15) is 44.1 Å². The number of nitrogens with zero attached hydrogens (tertiary/aromatic N) is 2. The van der Waals surface area contributed by atoms with E-state index >= 15 is 0 Å². The number of aliphatic imine (C=N–C) groups is 1. The zero-order chi connectivity index (χ0) is 18.0. The fourth-order valence-corrected chi connectivity index (χ4v) is 3.45. The Balaban J connectivity index is 1.54. The van der Waals surface area contributed by atoms with Crippen molar-refractivity contribution in [1.29, 1.82) is 0 Å². The molecule has 1 saturated carbocycles. The Kier molecular flexibility index (Phi) is 7.11. The Bertz CT molecular complexity index is 654. The predicted octanol–water partition coefficient (Wildman–Crippen LogP) is 3.57. The van der Waals surface area contributed by atoms with Crippen LogP contribution in [0, 0.1) is 5.92 Å². The molecule has 1 aliphatic rings. The molecule has 2 atom stereocenters. The number of guanidine groups is 1. The molecule has 26 heavy (non-hydrogen) atoms. The second-order valence-corrected chi connectivity index (χ2v) is 7.07. The summed E-state index contributed by atoms with van der Waals surface area (Å²) < 4.78 is 5.40. The van der Waals surface area contributed by atoms with Crippen molar-refractivity contribution in [1.82, 2.24) is 15.6 Å². The third-order valence-corrected chi connectivity index (χ3v) is 5.04. The number of rotatable bonds is 7. The maximum Gasteiger partial charge on any atom is 0.191 e. The van der Waals surface area contributed by atoms with Gasteiger partial charge in [0.15, 0.2) is 5.96 Å². The molecular formula is C21H30N4O. The fourth-order valence-electron chi connectivity index (χ4n) is 3.45. The molecule has 140 valence electrons. The lowest BCUT2D eigenvalue weighted by Crippen LogP contribution is -2.47. The van der Waals surface area contributed by atoms with Crippen molar-refractivity contribution in [3.63, 3.8) is 0 Å². The molecule has 2 aromatic rings. The van der Waals surface area contributed by atoms with Crippen molar-refractivity contribution in [3.05, 3.63) is 54.2 Å². The number of nitrogens with one attached hydrogen (secondary N) is 2. The van der Waals surface area contributed by atoms with Gasteiger partial charge >= 0.3 is 0 Å². The van der Waals surface area contributed by atoms with E-state index in [1.54, 1.807) is 6.26 Å². The Morgan fingerprint density at radius 2 is 2.12 bits per heavy atom. The molecule has 2 aromatic heterocycles. The van der Waals surface area contributed by atoms with E-state index in [0.29, 0.717) is 18.5 Å². The van der Waals surface area contributed by atoms with Crippen molar-refractivity contribution in [2.75, 3.05) is 13.1 Å². The van der Waals surface area contributed by atoms with Crippen LogP contribution >= 0.6 is 0 Å². The normalized spacial score (nSPS) is 20.7. The summed E-state index contributed by atoms with van der Waals surface area (Å²) in [5.41, 5.74) is 1.10. The first-order valence-corrected chi connectivity index (χ1v) is 9.78. The molecule has 0 saturated heterocycles. The molecule has 5 nitrogen and oxygen atoms in total. The van der Waals surface area contributed by atoms with Crippen LogP contribution in [0.3, 0.4) is 0 Å². The second-order valence-electron chi connectivity index (χ2n) is 7.07. The van der Waals surface area contributed by atoms with E-state index in [0.717, 1.165) is 36.8 Å². The van der Waals surface area contributed by atoms with Crippen LogP contribution in [-0.4, -0.2) is 30.1 Å². The first-order chi connectivity index (χ1) is 12.8. The Morgan fingerprint density at radius 1 is 1.19 bits per heavy atom. The average Bonchev–Trinajstić information content (AvgIpc) is 3.18. The lowest BCUT2D eigenvalue weighted by atomic mass is 9.86. The largest absolute Gasteiger partial charge is 0.469 e. The average molecular weight is 354 g/mol. The number of furan rings is 1. The van der Waals surface area contributed by atoms with Crippen LogP contribution < -0.4 is 10.6 Å². The minimum Gasteiger partial charge on any atom is -0.469 e. The Hall–Kier alpha value is -2.30. The predicted molar refractivity (Wildman–Crippen MR) is 105 cm³/mol. The van der Waals surface area contributed by atoms with Gasteiger partial charge in [0.25, 0.3) is 0 Å².